The van der Waals surface area contributed by atoms with E-state index < -0.39 is 0 Å². The smallest absolute Gasteiger partial charge is 0.0576 e. The summed E-state index contributed by atoms with van der Waals surface area (Å²) in [6, 6.07) is 19.8. The van der Waals surface area contributed by atoms with Crippen LogP contribution in [0.3, 0.4) is 0 Å². The molecule has 100 valence electrons. The van der Waals surface area contributed by atoms with Gasteiger partial charge < -0.3 is 5.32 Å². The fourth-order valence-corrected chi connectivity index (χ4v) is 2.57. The molecule has 2 rings (SSSR count). The summed E-state index contributed by atoms with van der Waals surface area (Å²) < 4.78 is 0. The SMILES string of the molecule is CCCNC(c1ccccc1)c1ccc(SC)cc1. The summed E-state index contributed by atoms with van der Waals surface area (Å²) in [5, 5.41) is 3.63. The first-order valence-corrected chi connectivity index (χ1v) is 8.00. The fourth-order valence-electron chi connectivity index (χ4n) is 2.16. The topological polar surface area (TPSA) is 12.0 Å². The van der Waals surface area contributed by atoms with Crippen LogP contribution >= 0.6 is 11.8 Å². The van der Waals surface area contributed by atoms with Crippen LogP contribution < -0.4 is 5.32 Å². The van der Waals surface area contributed by atoms with Gasteiger partial charge in [0, 0.05) is 4.90 Å². The van der Waals surface area contributed by atoms with Crippen molar-refractivity contribution in [1.29, 1.82) is 0 Å². The number of benzene rings is 2. The zero-order valence-electron chi connectivity index (χ0n) is 11.6. The van der Waals surface area contributed by atoms with E-state index in [0.29, 0.717) is 0 Å². The lowest BCUT2D eigenvalue weighted by Gasteiger charge is -2.19. The summed E-state index contributed by atoms with van der Waals surface area (Å²) in [6.07, 6.45) is 3.26. The molecule has 0 heterocycles. The lowest BCUT2D eigenvalue weighted by molar-refractivity contribution is 0.598. The molecule has 0 aliphatic carbocycles. The molecule has 2 aromatic rings. The Labute approximate surface area is 120 Å². The van der Waals surface area contributed by atoms with Crippen molar-refractivity contribution in [3.8, 4) is 0 Å². The normalized spacial score (nSPS) is 12.3. The van der Waals surface area contributed by atoms with Gasteiger partial charge in [-0.15, -0.1) is 11.8 Å². The van der Waals surface area contributed by atoms with Crippen molar-refractivity contribution in [2.45, 2.75) is 24.3 Å². The predicted molar refractivity (Wildman–Crippen MR) is 84.8 cm³/mol. The van der Waals surface area contributed by atoms with E-state index in [1.807, 2.05) is 0 Å². The van der Waals surface area contributed by atoms with E-state index in [9.17, 15) is 0 Å². The second kappa shape index (κ2) is 7.37. The van der Waals surface area contributed by atoms with Crippen LogP contribution in [0.5, 0.6) is 0 Å². The number of nitrogens with one attached hydrogen (secondary N) is 1. The van der Waals surface area contributed by atoms with Crippen LogP contribution in [0.4, 0.5) is 0 Å². The van der Waals surface area contributed by atoms with Crippen LogP contribution in [0.2, 0.25) is 0 Å². The molecule has 1 nitrogen and oxygen atoms in total. The van der Waals surface area contributed by atoms with Crippen molar-refractivity contribution in [2.24, 2.45) is 0 Å². The standard InChI is InChI=1S/C17H21NS/c1-3-13-18-17(14-7-5-4-6-8-14)15-9-11-16(19-2)12-10-15/h4-12,17-18H,3,13H2,1-2H3. The summed E-state index contributed by atoms with van der Waals surface area (Å²) >= 11 is 1.78. The number of rotatable bonds is 6. The highest BCUT2D eigenvalue weighted by atomic mass is 32.2. The summed E-state index contributed by atoms with van der Waals surface area (Å²) in [7, 11) is 0. The minimum absolute atomic E-state index is 0.289. The second-order valence-electron chi connectivity index (χ2n) is 4.57. The van der Waals surface area contributed by atoms with Gasteiger partial charge in [-0.05, 0) is 42.5 Å². The van der Waals surface area contributed by atoms with E-state index in [1.54, 1.807) is 11.8 Å². The van der Waals surface area contributed by atoms with Crippen LogP contribution in [-0.2, 0) is 0 Å². The van der Waals surface area contributed by atoms with Gasteiger partial charge in [-0.1, -0.05) is 49.4 Å². The van der Waals surface area contributed by atoms with Crippen molar-refractivity contribution in [1.82, 2.24) is 5.32 Å². The van der Waals surface area contributed by atoms with Crippen LogP contribution in [0.25, 0.3) is 0 Å². The maximum Gasteiger partial charge on any atom is 0.0576 e. The summed E-state index contributed by atoms with van der Waals surface area (Å²) in [4.78, 5) is 1.31. The molecule has 1 unspecified atom stereocenters. The molecule has 0 spiro atoms. The van der Waals surface area contributed by atoms with Gasteiger partial charge in [0.15, 0.2) is 0 Å². The Morgan fingerprint density at radius 2 is 1.58 bits per heavy atom. The molecule has 0 aliphatic rings. The van der Waals surface area contributed by atoms with Gasteiger partial charge in [-0.25, -0.2) is 0 Å². The molecule has 0 radical (unpaired) electrons. The third-order valence-corrected chi connectivity index (χ3v) is 3.92. The Morgan fingerprint density at radius 1 is 0.947 bits per heavy atom. The molecular weight excluding hydrogens is 250 g/mol. The molecule has 0 aliphatic heterocycles. The predicted octanol–water partition coefficient (Wildman–Crippen LogP) is 4.50. The van der Waals surface area contributed by atoms with E-state index in [-0.39, 0.29) is 6.04 Å². The maximum absolute atomic E-state index is 3.63. The third-order valence-electron chi connectivity index (χ3n) is 3.18. The average molecular weight is 271 g/mol. The Bertz CT molecular complexity index is 478. The van der Waals surface area contributed by atoms with Crippen molar-refractivity contribution >= 4 is 11.8 Å². The molecule has 2 heteroatoms. The van der Waals surface area contributed by atoms with E-state index in [0.717, 1.165) is 13.0 Å². The highest BCUT2D eigenvalue weighted by Crippen LogP contribution is 2.24. The molecular formula is C17H21NS. The number of hydrogen-bond donors (Lipinski definition) is 1. The molecule has 1 atom stereocenters. The Hall–Kier alpha value is -1.25. The van der Waals surface area contributed by atoms with E-state index in [2.05, 4.69) is 73.1 Å². The minimum atomic E-state index is 0.289. The van der Waals surface area contributed by atoms with Crippen molar-refractivity contribution < 1.29 is 0 Å². The van der Waals surface area contributed by atoms with Crippen LogP contribution in [0.1, 0.15) is 30.5 Å². The molecule has 1 N–H and O–H groups in total. The van der Waals surface area contributed by atoms with Gasteiger partial charge in [0.25, 0.3) is 0 Å². The van der Waals surface area contributed by atoms with E-state index in [1.165, 1.54) is 16.0 Å². The Kier molecular flexibility index (Phi) is 5.49. The molecule has 19 heavy (non-hydrogen) atoms. The average Bonchev–Trinajstić information content (AvgIpc) is 2.49. The second-order valence-corrected chi connectivity index (χ2v) is 5.45. The maximum atomic E-state index is 3.63. The molecule has 0 amide bonds. The molecule has 0 aromatic heterocycles. The monoisotopic (exact) mass is 271 g/mol. The van der Waals surface area contributed by atoms with E-state index >= 15 is 0 Å². The summed E-state index contributed by atoms with van der Waals surface area (Å²) in [5.74, 6) is 0. The van der Waals surface area contributed by atoms with Gasteiger partial charge in [-0.3, -0.25) is 0 Å². The van der Waals surface area contributed by atoms with Gasteiger partial charge >= 0.3 is 0 Å². The highest BCUT2D eigenvalue weighted by molar-refractivity contribution is 7.98. The Balaban J connectivity index is 2.26. The van der Waals surface area contributed by atoms with Gasteiger partial charge in [0.05, 0.1) is 6.04 Å². The lowest BCUT2D eigenvalue weighted by Crippen LogP contribution is -2.23. The summed E-state index contributed by atoms with van der Waals surface area (Å²) in [5.41, 5.74) is 2.66. The molecule has 0 saturated carbocycles. The van der Waals surface area contributed by atoms with Gasteiger partial charge in [0.1, 0.15) is 0 Å². The molecule has 2 aromatic carbocycles. The largest absolute Gasteiger partial charge is 0.306 e. The first-order chi connectivity index (χ1) is 9.35. The first kappa shape index (κ1) is 14.2. The van der Waals surface area contributed by atoms with Crippen LogP contribution in [0.15, 0.2) is 59.5 Å². The molecule has 0 saturated heterocycles. The molecule has 0 fully saturated rings. The zero-order chi connectivity index (χ0) is 13.5. The van der Waals surface area contributed by atoms with Crippen molar-refractivity contribution in [3.05, 3.63) is 65.7 Å². The van der Waals surface area contributed by atoms with Gasteiger partial charge in [0.2, 0.25) is 0 Å². The lowest BCUT2D eigenvalue weighted by atomic mass is 9.99. The van der Waals surface area contributed by atoms with Gasteiger partial charge in [-0.2, -0.15) is 0 Å². The van der Waals surface area contributed by atoms with Crippen LogP contribution in [0, 0.1) is 0 Å². The number of hydrogen-bond acceptors (Lipinski definition) is 2. The molecule has 0 bridgehead atoms. The first-order valence-electron chi connectivity index (χ1n) is 6.77. The highest BCUT2D eigenvalue weighted by Gasteiger charge is 2.12. The van der Waals surface area contributed by atoms with Crippen molar-refractivity contribution in [3.63, 3.8) is 0 Å². The number of thioether (sulfide) groups is 1. The summed E-state index contributed by atoms with van der Waals surface area (Å²) in [6.45, 7) is 3.23. The quantitative estimate of drug-likeness (QED) is 0.776. The van der Waals surface area contributed by atoms with Crippen LogP contribution in [-0.4, -0.2) is 12.8 Å². The Morgan fingerprint density at radius 3 is 2.16 bits per heavy atom. The fraction of sp³-hybridized carbons (Fsp3) is 0.294. The third kappa shape index (κ3) is 3.85. The van der Waals surface area contributed by atoms with Crippen molar-refractivity contribution in [2.75, 3.05) is 12.8 Å². The van der Waals surface area contributed by atoms with E-state index in [4.69, 9.17) is 0 Å². The zero-order valence-corrected chi connectivity index (χ0v) is 12.4. The minimum Gasteiger partial charge on any atom is -0.306 e.